The van der Waals surface area contributed by atoms with Gasteiger partial charge in [0.1, 0.15) is 5.01 Å². The number of carbonyl (C=O) groups is 1. The normalized spacial score (nSPS) is 19.9. The van der Waals surface area contributed by atoms with Crippen molar-refractivity contribution < 1.29 is 4.79 Å². The maximum Gasteiger partial charge on any atom is 0.228 e. The summed E-state index contributed by atoms with van der Waals surface area (Å²) in [7, 11) is 0. The van der Waals surface area contributed by atoms with Crippen LogP contribution in [-0.4, -0.2) is 17.4 Å². The first kappa shape index (κ1) is 14.5. The van der Waals surface area contributed by atoms with Gasteiger partial charge in [-0.1, -0.05) is 19.3 Å². The fourth-order valence-corrected chi connectivity index (χ4v) is 3.51. The summed E-state index contributed by atoms with van der Waals surface area (Å²) in [5.41, 5.74) is 5.54. The van der Waals surface area contributed by atoms with Gasteiger partial charge in [-0.15, -0.1) is 11.3 Å². The topological polar surface area (TPSA) is 68.0 Å². The number of nitrogens with one attached hydrogen (secondary N) is 1. The maximum absolute atomic E-state index is 12.5. The molecule has 1 heterocycles. The summed E-state index contributed by atoms with van der Waals surface area (Å²) >= 11 is 1.63. The van der Waals surface area contributed by atoms with E-state index in [0.29, 0.717) is 6.54 Å². The smallest absolute Gasteiger partial charge is 0.228 e. The van der Waals surface area contributed by atoms with Crippen LogP contribution >= 0.6 is 11.3 Å². The van der Waals surface area contributed by atoms with Crippen molar-refractivity contribution in [3.05, 3.63) is 16.1 Å². The van der Waals surface area contributed by atoms with Crippen LogP contribution in [0.2, 0.25) is 0 Å². The van der Waals surface area contributed by atoms with Crippen molar-refractivity contribution in [2.24, 2.45) is 11.1 Å². The molecule has 0 saturated heterocycles. The summed E-state index contributed by atoms with van der Waals surface area (Å²) in [5, 5.41) is 4.07. The van der Waals surface area contributed by atoms with E-state index < -0.39 is 0 Å². The van der Waals surface area contributed by atoms with Gasteiger partial charge in [-0.3, -0.25) is 4.79 Å². The van der Waals surface area contributed by atoms with Crippen molar-refractivity contribution in [1.29, 1.82) is 0 Å². The molecule has 0 radical (unpaired) electrons. The first-order valence-corrected chi connectivity index (χ1v) is 7.82. The van der Waals surface area contributed by atoms with E-state index in [9.17, 15) is 4.79 Å². The zero-order chi connectivity index (χ0) is 13.9. The number of aryl methyl sites for hydroxylation is 1. The van der Waals surface area contributed by atoms with E-state index in [1.807, 2.05) is 20.0 Å². The van der Waals surface area contributed by atoms with Gasteiger partial charge >= 0.3 is 0 Å². The van der Waals surface area contributed by atoms with Crippen molar-refractivity contribution in [3.8, 4) is 0 Å². The number of hydrogen-bond acceptors (Lipinski definition) is 4. The number of nitrogens with two attached hydrogens (primary N) is 1. The third-order valence-electron chi connectivity index (χ3n) is 4.04. The van der Waals surface area contributed by atoms with Gasteiger partial charge in [-0.2, -0.15) is 0 Å². The molecule has 1 aromatic heterocycles. The van der Waals surface area contributed by atoms with E-state index in [1.54, 1.807) is 11.3 Å². The van der Waals surface area contributed by atoms with Gasteiger partial charge in [-0.25, -0.2) is 4.98 Å². The Morgan fingerprint density at radius 2 is 2.21 bits per heavy atom. The molecule has 5 heteroatoms. The molecule has 0 spiro atoms. The van der Waals surface area contributed by atoms with Crippen molar-refractivity contribution in [2.75, 3.05) is 6.54 Å². The first-order valence-electron chi connectivity index (χ1n) is 7.01. The third-order valence-corrected chi connectivity index (χ3v) is 5.14. The lowest BCUT2D eigenvalue weighted by Crippen LogP contribution is -2.47. The minimum atomic E-state index is -0.348. The van der Waals surface area contributed by atoms with E-state index in [4.69, 9.17) is 5.73 Å². The van der Waals surface area contributed by atoms with Gasteiger partial charge in [0.05, 0.1) is 11.5 Å². The lowest BCUT2D eigenvalue weighted by atomic mass is 9.73. The Morgan fingerprint density at radius 3 is 2.74 bits per heavy atom. The second-order valence-corrected chi connectivity index (χ2v) is 6.82. The van der Waals surface area contributed by atoms with Crippen LogP contribution in [0.15, 0.2) is 6.20 Å². The highest BCUT2D eigenvalue weighted by Crippen LogP contribution is 2.36. The van der Waals surface area contributed by atoms with Gasteiger partial charge in [0.2, 0.25) is 5.91 Å². The summed E-state index contributed by atoms with van der Waals surface area (Å²) in [6.45, 7) is 4.46. The molecule has 4 nitrogen and oxygen atoms in total. The average molecular weight is 281 g/mol. The van der Waals surface area contributed by atoms with Gasteiger partial charge in [0.25, 0.3) is 0 Å². The lowest BCUT2D eigenvalue weighted by molar-refractivity contribution is -0.133. The molecule has 3 N–H and O–H groups in total. The number of nitrogens with zero attached hydrogens (tertiary/aromatic N) is 1. The molecule has 1 saturated carbocycles. The summed E-state index contributed by atoms with van der Waals surface area (Å²) < 4.78 is 0. The molecular formula is C14H23N3OS. The highest BCUT2D eigenvalue weighted by molar-refractivity contribution is 7.11. The minimum absolute atomic E-state index is 0.0310. The Balaban J connectivity index is 2.03. The molecule has 1 aliphatic rings. The highest BCUT2D eigenvalue weighted by atomic mass is 32.1. The fourth-order valence-electron chi connectivity index (χ4n) is 2.74. The SMILES string of the molecule is Cc1cnc(C(C)NC(=O)C2(CN)CCCCC2)s1. The second kappa shape index (κ2) is 6.01. The predicted molar refractivity (Wildman–Crippen MR) is 78.0 cm³/mol. The predicted octanol–water partition coefficient (Wildman–Crippen LogP) is 2.54. The molecule has 0 aliphatic heterocycles. The standard InChI is InChI=1S/C14H23N3OS/c1-10-8-16-12(19-10)11(2)17-13(18)14(9-15)6-4-3-5-7-14/h8,11H,3-7,9,15H2,1-2H3,(H,17,18). The van der Waals surface area contributed by atoms with Crippen LogP contribution in [0.5, 0.6) is 0 Å². The monoisotopic (exact) mass is 281 g/mol. The van der Waals surface area contributed by atoms with Crippen LogP contribution in [0.1, 0.15) is 55.0 Å². The summed E-state index contributed by atoms with van der Waals surface area (Å²) in [6, 6.07) is -0.0310. The first-order chi connectivity index (χ1) is 9.07. The highest BCUT2D eigenvalue weighted by Gasteiger charge is 2.38. The number of aromatic nitrogens is 1. The van der Waals surface area contributed by atoms with E-state index in [0.717, 1.165) is 30.7 Å². The van der Waals surface area contributed by atoms with E-state index in [2.05, 4.69) is 10.3 Å². The Labute approximate surface area is 118 Å². The van der Waals surface area contributed by atoms with E-state index in [1.165, 1.54) is 11.3 Å². The van der Waals surface area contributed by atoms with Crippen LogP contribution in [0, 0.1) is 12.3 Å². The molecule has 106 valence electrons. The van der Waals surface area contributed by atoms with Gasteiger partial charge in [0, 0.05) is 17.6 Å². The number of carbonyl (C=O) groups excluding carboxylic acids is 1. The summed E-state index contributed by atoms with van der Waals surface area (Å²) in [6.07, 6.45) is 7.11. The molecule has 1 aromatic rings. The number of amides is 1. The quantitative estimate of drug-likeness (QED) is 0.891. The molecule has 19 heavy (non-hydrogen) atoms. The molecule has 0 aromatic carbocycles. The van der Waals surface area contributed by atoms with Crippen LogP contribution in [0.25, 0.3) is 0 Å². The van der Waals surface area contributed by atoms with Gasteiger partial charge in [-0.05, 0) is 26.7 Å². The molecular weight excluding hydrogens is 258 g/mol. The van der Waals surface area contributed by atoms with Crippen molar-refractivity contribution in [1.82, 2.24) is 10.3 Å². The largest absolute Gasteiger partial charge is 0.347 e. The Bertz CT molecular complexity index is 438. The van der Waals surface area contributed by atoms with E-state index in [-0.39, 0.29) is 17.4 Å². The molecule has 2 rings (SSSR count). The van der Waals surface area contributed by atoms with Gasteiger partial charge in [0.15, 0.2) is 0 Å². The molecule has 1 atom stereocenters. The minimum Gasteiger partial charge on any atom is -0.347 e. The molecule has 1 aliphatic carbocycles. The molecule has 0 bridgehead atoms. The third kappa shape index (κ3) is 3.15. The Hall–Kier alpha value is -0.940. The zero-order valence-corrected chi connectivity index (χ0v) is 12.6. The fraction of sp³-hybridized carbons (Fsp3) is 0.714. The van der Waals surface area contributed by atoms with Crippen molar-refractivity contribution in [3.63, 3.8) is 0 Å². The zero-order valence-electron chi connectivity index (χ0n) is 11.7. The lowest BCUT2D eigenvalue weighted by Gasteiger charge is -2.35. The molecule has 1 unspecified atom stereocenters. The van der Waals surface area contributed by atoms with Crippen LogP contribution < -0.4 is 11.1 Å². The number of thiazole rings is 1. The maximum atomic E-state index is 12.5. The number of hydrogen-bond donors (Lipinski definition) is 2. The second-order valence-electron chi connectivity index (χ2n) is 5.55. The van der Waals surface area contributed by atoms with Crippen LogP contribution in [-0.2, 0) is 4.79 Å². The Morgan fingerprint density at radius 1 is 1.53 bits per heavy atom. The van der Waals surface area contributed by atoms with E-state index >= 15 is 0 Å². The Kier molecular flexibility index (Phi) is 4.58. The van der Waals surface area contributed by atoms with Crippen LogP contribution in [0.3, 0.4) is 0 Å². The summed E-state index contributed by atoms with van der Waals surface area (Å²) in [5.74, 6) is 0.107. The van der Waals surface area contributed by atoms with Crippen LogP contribution in [0.4, 0.5) is 0 Å². The average Bonchev–Trinajstić information content (AvgIpc) is 2.86. The number of rotatable bonds is 4. The molecule has 1 fully saturated rings. The van der Waals surface area contributed by atoms with Crippen molar-refractivity contribution >= 4 is 17.2 Å². The molecule has 1 amide bonds. The van der Waals surface area contributed by atoms with Crippen molar-refractivity contribution in [2.45, 2.75) is 52.0 Å². The van der Waals surface area contributed by atoms with Gasteiger partial charge < -0.3 is 11.1 Å². The summed E-state index contributed by atoms with van der Waals surface area (Å²) in [4.78, 5) is 18.0.